The number of hydrogen-bond acceptors (Lipinski definition) is 6. The number of nitrogens with zero attached hydrogens (tertiary/aromatic N) is 6. The van der Waals surface area contributed by atoms with Crippen molar-refractivity contribution >= 4 is 23.0 Å². The second-order valence-electron chi connectivity index (χ2n) is 6.32. The van der Waals surface area contributed by atoms with Crippen molar-refractivity contribution in [2.75, 3.05) is 18.0 Å². The van der Waals surface area contributed by atoms with Gasteiger partial charge in [0.15, 0.2) is 5.82 Å². The smallest absolute Gasteiger partial charge is 0.367 e. The summed E-state index contributed by atoms with van der Waals surface area (Å²) in [7, 11) is 0. The van der Waals surface area contributed by atoms with Crippen molar-refractivity contribution in [2.24, 2.45) is 0 Å². The minimum absolute atomic E-state index is 0.0933. The molecule has 1 N–H and O–H groups in total. The lowest BCUT2D eigenvalue weighted by atomic mass is 9.97. The van der Waals surface area contributed by atoms with Crippen LogP contribution in [0.1, 0.15) is 5.56 Å². The molecule has 1 atom stereocenters. The molecule has 1 aromatic carbocycles. The van der Waals surface area contributed by atoms with E-state index in [1.807, 2.05) is 6.08 Å². The molecular weight excluding hydrogens is 387 g/mol. The van der Waals surface area contributed by atoms with Crippen molar-refractivity contribution < 1.29 is 9.50 Å². The number of β-amino-alcohol motifs (C(OH)–C–C–N with tert-alkyl or cyclic N) is 1. The number of aliphatic hydroxyl groups is 1. The van der Waals surface area contributed by atoms with Gasteiger partial charge >= 0.3 is 5.69 Å². The van der Waals surface area contributed by atoms with Crippen LogP contribution in [-0.4, -0.2) is 48.8 Å². The lowest BCUT2D eigenvalue weighted by Gasteiger charge is -2.31. The predicted molar refractivity (Wildman–Crippen MR) is 102 cm³/mol. The Labute approximate surface area is 164 Å². The molecule has 1 aliphatic rings. The molecule has 0 saturated heterocycles. The van der Waals surface area contributed by atoms with E-state index < -0.39 is 11.8 Å². The van der Waals surface area contributed by atoms with Crippen LogP contribution in [0.15, 0.2) is 53.7 Å². The minimum atomic E-state index is -0.797. The summed E-state index contributed by atoms with van der Waals surface area (Å²) in [5.74, 6) is 0.0395. The number of anilines is 1. The van der Waals surface area contributed by atoms with Crippen LogP contribution in [0.4, 0.5) is 10.2 Å². The molecule has 144 valence electrons. The van der Waals surface area contributed by atoms with Gasteiger partial charge in [-0.1, -0.05) is 29.8 Å². The highest BCUT2D eigenvalue weighted by Gasteiger charge is 2.23. The maximum atomic E-state index is 13.1. The van der Waals surface area contributed by atoms with Crippen molar-refractivity contribution in [2.45, 2.75) is 12.8 Å². The van der Waals surface area contributed by atoms with Gasteiger partial charge in [-0.15, -0.1) is 0 Å². The van der Waals surface area contributed by atoms with Crippen LogP contribution in [-0.2, 0) is 6.67 Å². The van der Waals surface area contributed by atoms with E-state index in [-0.39, 0.29) is 19.0 Å². The molecule has 2 aromatic heterocycles. The summed E-state index contributed by atoms with van der Waals surface area (Å²) >= 11 is 5.81. The minimum Gasteiger partial charge on any atom is -0.387 e. The molecule has 0 spiro atoms. The van der Waals surface area contributed by atoms with E-state index >= 15 is 0 Å². The van der Waals surface area contributed by atoms with Crippen molar-refractivity contribution in [3.8, 4) is 0 Å². The SMILES string of the molecule is O=c1nc(N2CC=C(c3ccc(F)cc3)C(O)C2)cnn1Cn1cc(Cl)cn1. The van der Waals surface area contributed by atoms with Gasteiger partial charge in [-0.2, -0.15) is 19.9 Å². The first-order valence-corrected chi connectivity index (χ1v) is 8.88. The van der Waals surface area contributed by atoms with Crippen LogP contribution in [0, 0.1) is 5.82 Å². The normalized spacial score (nSPS) is 16.9. The van der Waals surface area contributed by atoms with Gasteiger partial charge in [0, 0.05) is 19.3 Å². The Morgan fingerprint density at radius 2 is 2.00 bits per heavy atom. The molecule has 1 unspecified atom stereocenters. The number of benzene rings is 1. The predicted octanol–water partition coefficient (Wildman–Crippen LogP) is 1.40. The van der Waals surface area contributed by atoms with Gasteiger partial charge in [-0.3, -0.25) is 0 Å². The highest BCUT2D eigenvalue weighted by molar-refractivity contribution is 6.30. The van der Waals surface area contributed by atoms with E-state index in [0.29, 0.717) is 23.0 Å². The average molecular weight is 403 g/mol. The van der Waals surface area contributed by atoms with Gasteiger partial charge < -0.3 is 10.0 Å². The summed E-state index contributed by atoms with van der Waals surface area (Å²) in [5, 5.41) is 19.1. The molecule has 3 aromatic rings. The molecule has 8 nitrogen and oxygen atoms in total. The Morgan fingerprint density at radius 1 is 1.21 bits per heavy atom. The van der Waals surface area contributed by atoms with E-state index in [2.05, 4.69) is 15.2 Å². The van der Waals surface area contributed by atoms with Crippen LogP contribution in [0.5, 0.6) is 0 Å². The molecule has 28 heavy (non-hydrogen) atoms. The van der Waals surface area contributed by atoms with Crippen LogP contribution in [0.2, 0.25) is 5.02 Å². The van der Waals surface area contributed by atoms with Crippen molar-refractivity contribution in [1.29, 1.82) is 0 Å². The standard InChI is InChI=1S/C18H16ClFN6O2/c19-13-7-21-25(9-13)11-26-18(28)23-17(8-22-26)24-6-5-15(16(27)10-24)12-1-3-14(20)4-2-12/h1-5,7-9,16,27H,6,10-11H2. The van der Waals surface area contributed by atoms with Gasteiger partial charge in [0.2, 0.25) is 0 Å². The Hall–Kier alpha value is -3.04. The first-order valence-electron chi connectivity index (χ1n) is 8.51. The molecule has 0 amide bonds. The summed E-state index contributed by atoms with van der Waals surface area (Å²) in [6, 6.07) is 5.96. The molecule has 0 saturated carbocycles. The van der Waals surface area contributed by atoms with Crippen LogP contribution in [0.3, 0.4) is 0 Å². The quantitative estimate of drug-likeness (QED) is 0.709. The third kappa shape index (κ3) is 3.80. The first kappa shape index (κ1) is 18.3. The molecule has 0 aliphatic carbocycles. The highest BCUT2D eigenvalue weighted by Crippen LogP contribution is 2.24. The number of rotatable bonds is 4. The summed E-state index contributed by atoms with van der Waals surface area (Å²) in [4.78, 5) is 18.1. The number of halogens is 2. The first-order chi connectivity index (χ1) is 13.5. The summed E-state index contributed by atoms with van der Waals surface area (Å²) in [6.07, 6.45) is 5.55. The van der Waals surface area contributed by atoms with Gasteiger partial charge in [0.25, 0.3) is 0 Å². The summed E-state index contributed by atoms with van der Waals surface area (Å²) in [6.45, 7) is 0.781. The average Bonchev–Trinajstić information content (AvgIpc) is 3.09. The van der Waals surface area contributed by atoms with Gasteiger partial charge in [-0.05, 0) is 23.3 Å². The van der Waals surface area contributed by atoms with E-state index in [0.717, 1.165) is 10.2 Å². The van der Waals surface area contributed by atoms with Crippen molar-refractivity contribution in [1.82, 2.24) is 24.5 Å². The highest BCUT2D eigenvalue weighted by atomic mass is 35.5. The monoisotopic (exact) mass is 402 g/mol. The molecule has 1 aliphatic heterocycles. The Balaban J connectivity index is 1.51. The molecule has 4 rings (SSSR count). The zero-order valence-electron chi connectivity index (χ0n) is 14.6. The third-order valence-electron chi connectivity index (χ3n) is 4.41. The topological polar surface area (TPSA) is 89.1 Å². The third-order valence-corrected chi connectivity index (χ3v) is 4.60. The van der Waals surface area contributed by atoms with Gasteiger partial charge in [-0.25, -0.2) is 13.9 Å². The molecular formula is C18H16ClFN6O2. The van der Waals surface area contributed by atoms with Crippen molar-refractivity contribution in [3.05, 3.63) is 75.8 Å². The molecule has 0 fully saturated rings. The Morgan fingerprint density at radius 3 is 2.64 bits per heavy atom. The van der Waals surface area contributed by atoms with E-state index in [1.54, 1.807) is 23.2 Å². The van der Waals surface area contributed by atoms with Crippen LogP contribution in [0.25, 0.3) is 5.57 Å². The van der Waals surface area contributed by atoms with Gasteiger partial charge in [0.1, 0.15) is 12.5 Å². The fourth-order valence-corrected chi connectivity index (χ4v) is 3.18. The second kappa shape index (κ2) is 7.53. The zero-order valence-corrected chi connectivity index (χ0v) is 15.4. The molecule has 0 bridgehead atoms. The molecule has 0 radical (unpaired) electrons. The van der Waals surface area contributed by atoms with E-state index in [1.165, 1.54) is 29.2 Å². The number of aliphatic hydroxyl groups excluding tert-OH is 1. The molecule has 10 heteroatoms. The van der Waals surface area contributed by atoms with E-state index in [9.17, 15) is 14.3 Å². The fraction of sp³-hybridized carbons (Fsp3) is 0.222. The zero-order chi connectivity index (χ0) is 19.7. The Kier molecular flexibility index (Phi) is 4.93. The summed E-state index contributed by atoms with van der Waals surface area (Å²) in [5.41, 5.74) is 0.938. The number of hydrogen-bond donors (Lipinski definition) is 1. The maximum Gasteiger partial charge on any atom is 0.367 e. The largest absolute Gasteiger partial charge is 0.387 e. The van der Waals surface area contributed by atoms with Gasteiger partial charge in [0.05, 0.1) is 23.5 Å². The van der Waals surface area contributed by atoms with Crippen LogP contribution >= 0.6 is 11.6 Å². The van der Waals surface area contributed by atoms with E-state index in [4.69, 9.17) is 11.6 Å². The van der Waals surface area contributed by atoms with Crippen LogP contribution < -0.4 is 10.6 Å². The fourth-order valence-electron chi connectivity index (χ4n) is 3.02. The summed E-state index contributed by atoms with van der Waals surface area (Å²) < 4.78 is 15.7. The second-order valence-corrected chi connectivity index (χ2v) is 6.76. The lowest BCUT2D eigenvalue weighted by Crippen LogP contribution is -2.40. The Bertz CT molecular complexity index is 1080. The van der Waals surface area contributed by atoms with Crippen molar-refractivity contribution in [3.63, 3.8) is 0 Å². The molecule has 3 heterocycles. The number of aromatic nitrogens is 5. The maximum absolute atomic E-state index is 13.1. The lowest BCUT2D eigenvalue weighted by molar-refractivity contribution is 0.233.